The minimum absolute atomic E-state index is 0.410. The lowest BCUT2D eigenvalue weighted by Crippen LogP contribution is -2.41. The normalized spacial score (nSPS) is 30.5. The molecule has 18 heavy (non-hydrogen) atoms. The molecule has 1 aliphatic rings. The topological polar surface area (TPSA) is 9.23 Å². The van der Waals surface area contributed by atoms with Gasteiger partial charge < -0.3 is 4.43 Å². The van der Waals surface area contributed by atoms with Gasteiger partial charge in [0.15, 0.2) is 0 Å². The fourth-order valence-electron chi connectivity index (χ4n) is 4.17. The zero-order valence-corrected chi connectivity index (χ0v) is 15.5. The lowest BCUT2D eigenvalue weighted by molar-refractivity contribution is 0.00345. The van der Waals surface area contributed by atoms with Gasteiger partial charge in [-0.2, -0.15) is 0 Å². The van der Waals surface area contributed by atoms with Crippen LogP contribution >= 0.6 is 0 Å². The zero-order chi connectivity index (χ0) is 13.8. The SMILES string of the molecule is CC(C)(C)C1CCCCCCC(CO[SiH3])C1(C)C. The average Bonchev–Trinajstić information content (AvgIpc) is 2.29. The molecule has 0 spiro atoms. The van der Waals surface area contributed by atoms with Crippen LogP contribution in [0.1, 0.15) is 73.1 Å². The minimum Gasteiger partial charge on any atom is -0.428 e. The van der Waals surface area contributed by atoms with Crippen LogP contribution in [0.15, 0.2) is 0 Å². The smallest absolute Gasteiger partial charge is 0.145 e. The molecule has 1 aliphatic carbocycles. The van der Waals surface area contributed by atoms with E-state index in [-0.39, 0.29) is 0 Å². The van der Waals surface area contributed by atoms with Crippen LogP contribution in [-0.4, -0.2) is 17.1 Å². The molecule has 2 atom stereocenters. The van der Waals surface area contributed by atoms with E-state index < -0.39 is 0 Å². The summed E-state index contributed by atoms with van der Waals surface area (Å²) in [5.74, 6) is 1.56. The van der Waals surface area contributed by atoms with Gasteiger partial charge in [-0.15, -0.1) is 0 Å². The van der Waals surface area contributed by atoms with Crippen molar-refractivity contribution >= 4 is 10.5 Å². The molecule has 1 nitrogen and oxygen atoms in total. The highest BCUT2D eigenvalue weighted by Crippen LogP contribution is 2.49. The molecule has 2 unspecified atom stereocenters. The summed E-state index contributed by atoms with van der Waals surface area (Å²) in [5.41, 5.74) is 0.824. The predicted molar refractivity (Wildman–Crippen MR) is 83.8 cm³/mol. The molecule has 108 valence electrons. The van der Waals surface area contributed by atoms with Crippen molar-refractivity contribution in [2.45, 2.75) is 73.1 Å². The van der Waals surface area contributed by atoms with Crippen molar-refractivity contribution in [1.82, 2.24) is 0 Å². The highest BCUT2D eigenvalue weighted by atomic mass is 28.2. The average molecular weight is 271 g/mol. The highest BCUT2D eigenvalue weighted by molar-refractivity contribution is 5.97. The van der Waals surface area contributed by atoms with E-state index in [1.807, 2.05) is 0 Å². The molecular weight excluding hydrogens is 236 g/mol. The Labute approximate surface area is 118 Å². The van der Waals surface area contributed by atoms with Crippen LogP contribution < -0.4 is 0 Å². The van der Waals surface area contributed by atoms with Crippen LogP contribution in [0.2, 0.25) is 0 Å². The fourth-order valence-corrected chi connectivity index (χ4v) is 4.57. The third-order valence-corrected chi connectivity index (χ3v) is 5.49. The second-order valence-electron chi connectivity index (χ2n) is 7.88. The molecule has 1 saturated carbocycles. The molecule has 0 bridgehead atoms. The maximum atomic E-state index is 5.65. The van der Waals surface area contributed by atoms with Gasteiger partial charge in [0.1, 0.15) is 10.5 Å². The van der Waals surface area contributed by atoms with E-state index in [0.29, 0.717) is 10.8 Å². The summed E-state index contributed by atoms with van der Waals surface area (Å²) in [6.07, 6.45) is 8.42. The van der Waals surface area contributed by atoms with E-state index >= 15 is 0 Å². The van der Waals surface area contributed by atoms with E-state index in [4.69, 9.17) is 4.43 Å². The van der Waals surface area contributed by atoms with Crippen molar-refractivity contribution in [3.05, 3.63) is 0 Å². The van der Waals surface area contributed by atoms with Gasteiger partial charge in [-0.1, -0.05) is 60.3 Å². The van der Waals surface area contributed by atoms with Crippen LogP contribution in [0, 0.1) is 22.7 Å². The first kappa shape index (κ1) is 16.2. The standard InChI is InChI=1S/C16H34OSi/c1-15(2,3)14-11-9-7-6-8-10-13(12-17-18)16(14,4)5/h13-14H,6-12H2,1-5,18H3. The summed E-state index contributed by atoms with van der Waals surface area (Å²) in [6.45, 7) is 13.3. The Balaban J connectivity index is 2.95. The summed E-state index contributed by atoms with van der Waals surface area (Å²) < 4.78 is 5.65. The van der Waals surface area contributed by atoms with Crippen LogP contribution in [0.3, 0.4) is 0 Å². The molecule has 2 heteroatoms. The Morgan fingerprint density at radius 3 is 2.11 bits per heavy atom. The van der Waals surface area contributed by atoms with Crippen molar-refractivity contribution in [3.8, 4) is 0 Å². The molecule has 0 N–H and O–H groups in total. The van der Waals surface area contributed by atoms with Crippen LogP contribution in [0.25, 0.3) is 0 Å². The van der Waals surface area contributed by atoms with Gasteiger partial charge >= 0.3 is 0 Å². The Bertz CT molecular complexity index is 242. The third-order valence-electron chi connectivity index (χ3n) is 5.16. The highest BCUT2D eigenvalue weighted by Gasteiger charge is 2.42. The molecule has 1 fully saturated rings. The van der Waals surface area contributed by atoms with Gasteiger partial charge in [0.2, 0.25) is 0 Å². The molecule has 0 aromatic carbocycles. The van der Waals surface area contributed by atoms with Crippen LogP contribution in [0.4, 0.5) is 0 Å². The van der Waals surface area contributed by atoms with E-state index in [1.165, 1.54) is 38.5 Å². The zero-order valence-electron chi connectivity index (χ0n) is 13.5. The van der Waals surface area contributed by atoms with Gasteiger partial charge in [0.25, 0.3) is 0 Å². The van der Waals surface area contributed by atoms with Crippen molar-refractivity contribution < 1.29 is 4.43 Å². The summed E-state index contributed by atoms with van der Waals surface area (Å²) >= 11 is 0. The molecule has 0 aromatic rings. The second kappa shape index (κ2) is 6.56. The summed E-state index contributed by atoms with van der Waals surface area (Å²) in [7, 11) is 0.881. The largest absolute Gasteiger partial charge is 0.428 e. The molecule has 0 aromatic heterocycles. The molecular formula is C16H34OSi. The number of hydrogen-bond acceptors (Lipinski definition) is 1. The molecule has 1 rings (SSSR count). The number of rotatable bonds is 2. The monoisotopic (exact) mass is 270 g/mol. The minimum atomic E-state index is 0.410. The Kier molecular flexibility index (Phi) is 5.92. The summed E-state index contributed by atoms with van der Waals surface area (Å²) in [4.78, 5) is 0. The van der Waals surface area contributed by atoms with Gasteiger partial charge in [-0.25, -0.2) is 0 Å². The van der Waals surface area contributed by atoms with E-state index in [2.05, 4.69) is 34.6 Å². The number of hydrogen-bond donors (Lipinski definition) is 0. The summed E-state index contributed by atoms with van der Waals surface area (Å²) in [5, 5.41) is 0. The van der Waals surface area contributed by atoms with Gasteiger partial charge in [0, 0.05) is 6.61 Å². The van der Waals surface area contributed by atoms with E-state index in [1.54, 1.807) is 0 Å². The third kappa shape index (κ3) is 4.09. The molecule has 0 radical (unpaired) electrons. The van der Waals surface area contributed by atoms with Gasteiger partial charge in [-0.3, -0.25) is 0 Å². The Hall–Kier alpha value is 0.177. The second-order valence-corrected chi connectivity index (χ2v) is 8.46. The van der Waals surface area contributed by atoms with Gasteiger partial charge in [0.05, 0.1) is 0 Å². The maximum absolute atomic E-state index is 5.65. The van der Waals surface area contributed by atoms with Crippen molar-refractivity contribution in [3.63, 3.8) is 0 Å². The first-order valence-electron chi connectivity index (χ1n) is 7.79. The summed E-state index contributed by atoms with van der Waals surface area (Å²) in [6, 6.07) is 0. The van der Waals surface area contributed by atoms with Gasteiger partial charge in [-0.05, 0) is 35.5 Å². The first-order chi connectivity index (χ1) is 8.30. The first-order valence-corrected chi connectivity index (χ1v) is 8.60. The lowest BCUT2D eigenvalue weighted by Gasteiger charge is -2.47. The predicted octanol–water partition coefficient (Wildman–Crippen LogP) is 3.94. The lowest BCUT2D eigenvalue weighted by atomic mass is 9.58. The van der Waals surface area contributed by atoms with E-state index in [9.17, 15) is 0 Å². The van der Waals surface area contributed by atoms with Crippen LogP contribution in [0.5, 0.6) is 0 Å². The molecule has 0 saturated heterocycles. The Morgan fingerprint density at radius 2 is 1.61 bits per heavy atom. The molecule has 0 aliphatic heterocycles. The fraction of sp³-hybridized carbons (Fsp3) is 1.00. The van der Waals surface area contributed by atoms with Crippen molar-refractivity contribution in [1.29, 1.82) is 0 Å². The van der Waals surface area contributed by atoms with Crippen molar-refractivity contribution in [2.24, 2.45) is 22.7 Å². The van der Waals surface area contributed by atoms with E-state index in [0.717, 1.165) is 28.9 Å². The Morgan fingerprint density at radius 1 is 1.06 bits per heavy atom. The molecule has 0 heterocycles. The van der Waals surface area contributed by atoms with Crippen LogP contribution in [-0.2, 0) is 4.43 Å². The molecule has 0 amide bonds. The maximum Gasteiger partial charge on any atom is 0.145 e. The quantitative estimate of drug-likeness (QED) is 0.691. The van der Waals surface area contributed by atoms with Crippen molar-refractivity contribution in [2.75, 3.05) is 6.61 Å².